The number of aliphatic imine (C=N–C) groups is 1. The van der Waals surface area contributed by atoms with Crippen LogP contribution in [-0.2, 0) is 9.47 Å². The van der Waals surface area contributed by atoms with Crippen LogP contribution in [0.5, 0.6) is 0 Å². The Morgan fingerprint density at radius 3 is 2.39 bits per heavy atom. The highest BCUT2D eigenvalue weighted by Gasteiger charge is 2.57. The number of aliphatic hydroxyl groups excluding tert-OH is 2. The molecular formula is C18H23F3N2O4S. The molecule has 2 N–H and O–H groups in total. The molecule has 10 heteroatoms. The van der Waals surface area contributed by atoms with Crippen LogP contribution < -0.4 is 0 Å². The molecule has 1 fully saturated rings. The molecule has 0 amide bonds. The molecule has 3 rings (SSSR count). The van der Waals surface area contributed by atoms with E-state index < -0.39 is 48.2 Å². The monoisotopic (exact) mass is 420 g/mol. The van der Waals surface area contributed by atoms with Crippen LogP contribution in [0, 0.1) is 0 Å². The van der Waals surface area contributed by atoms with Gasteiger partial charge in [0.25, 0.3) is 0 Å². The van der Waals surface area contributed by atoms with Crippen LogP contribution in [0.2, 0.25) is 0 Å². The second-order valence-corrected chi connectivity index (χ2v) is 8.08. The molecule has 0 bridgehead atoms. The lowest BCUT2D eigenvalue weighted by Crippen LogP contribution is -2.61. The molecule has 156 valence electrons. The molecule has 0 saturated carbocycles. The van der Waals surface area contributed by atoms with Crippen LogP contribution in [0.3, 0.4) is 0 Å². The topological polar surface area (TPSA) is 74.5 Å². The molecule has 6 nitrogen and oxygen atoms in total. The zero-order valence-electron chi connectivity index (χ0n) is 15.6. The largest absolute Gasteiger partial charge is 0.417 e. The van der Waals surface area contributed by atoms with Crippen LogP contribution in [0.1, 0.15) is 18.6 Å². The molecule has 2 aliphatic rings. The van der Waals surface area contributed by atoms with Crippen molar-refractivity contribution in [3.05, 3.63) is 35.9 Å². The van der Waals surface area contributed by atoms with Gasteiger partial charge in [0, 0.05) is 14.1 Å². The van der Waals surface area contributed by atoms with Crippen molar-refractivity contribution in [3.63, 3.8) is 0 Å². The lowest BCUT2D eigenvalue weighted by atomic mass is 9.94. The molecule has 0 aliphatic carbocycles. The second-order valence-electron chi connectivity index (χ2n) is 7.02. The van der Waals surface area contributed by atoms with Gasteiger partial charge in [-0.2, -0.15) is 13.2 Å². The van der Waals surface area contributed by atoms with E-state index in [2.05, 4.69) is 4.99 Å². The Kier molecular flexibility index (Phi) is 6.26. The molecule has 1 saturated heterocycles. The Labute approximate surface area is 165 Å². The number of nitrogens with zero attached hydrogens (tertiary/aromatic N) is 2. The third-order valence-corrected chi connectivity index (χ3v) is 6.01. The van der Waals surface area contributed by atoms with E-state index in [0.29, 0.717) is 10.7 Å². The fourth-order valence-corrected chi connectivity index (χ4v) is 4.35. The van der Waals surface area contributed by atoms with Gasteiger partial charge in [0.05, 0.1) is 6.10 Å². The normalized spacial score (nSPS) is 32.4. The molecule has 0 spiro atoms. The van der Waals surface area contributed by atoms with Crippen LogP contribution >= 0.6 is 11.8 Å². The summed E-state index contributed by atoms with van der Waals surface area (Å²) < 4.78 is 52.2. The summed E-state index contributed by atoms with van der Waals surface area (Å²) in [7, 11) is 3.46. The van der Waals surface area contributed by atoms with Gasteiger partial charge < -0.3 is 24.6 Å². The number of hydrogen-bond donors (Lipinski definition) is 2. The maximum atomic E-state index is 13.8. The molecule has 1 aromatic rings. The first-order valence-electron chi connectivity index (χ1n) is 8.80. The molecule has 2 aliphatic heterocycles. The van der Waals surface area contributed by atoms with Crippen LogP contribution in [-0.4, -0.2) is 76.4 Å². The molecule has 0 unspecified atom stereocenters. The summed E-state index contributed by atoms with van der Waals surface area (Å²) in [5, 5.41) is 21.3. The summed E-state index contributed by atoms with van der Waals surface area (Å²) in [6, 6.07) is 7.63. The molecule has 28 heavy (non-hydrogen) atoms. The van der Waals surface area contributed by atoms with Gasteiger partial charge in [-0.15, -0.1) is 0 Å². The highest BCUT2D eigenvalue weighted by molar-refractivity contribution is 8.14. The van der Waals surface area contributed by atoms with E-state index in [1.54, 1.807) is 49.3 Å². The van der Waals surface area contributed by atoms with Gasteiger partial charge in [0.1, 0.15) is 29.8 Å². The van der Waals surface area contributed by atoms with Gasteiger partial charge >= 0.3 is 6.18 Å². The zero-order chi connectivity index (χ0) is 20.6. The third kappa shape index (κ3) is 4.30. The zero-order valence-corrected chi connectivity index (χ0v) is 16.4. The number of alkyl halides is 3. The van der Waals surface area contributed by atoms with E-state index in [1.165, 1.54) is 6.92 Å². The van der Waals surface area contributed by atoms with Gasteiger partial charge in [-0.25, -0.2) is 0 Å². The molecule has 0 aromatic heterocycles. The van der Waals surface area contributed by atoms with Crippen molar-refractivity contribution in [2.75, 3.05) is 14.1 Å². The first-order valence-corrected chi connectivity index (χ1v) is 9.68. The first-order chi connectivity index (χ1) is 13.1. The fraction of sp³-hybridized carbons (Fsp3) is 0.611. The van der Waals surface area contributed by atoms with Crippen molar-refractivity contribution in [2.24, 2.45) is 4.99 Å². The number of hydrogen-bond acceptors (Lipinski definition) is 7. The minimum absolute atomic E-state index is 0.518. The summed E-state index contributed by atoms with van der Waals surface area (Å²) >= 11 is 1.12. The average molecular weight is 420 g/mol. The highest BCUT2D eigenvalue weighted by Crippen LogP contribution is 2.41. The number of benzene rings is 1. The maximum absolute atomic E-state index is 13.8. The van der Waals surface area contributed by atoms with Gasteiger partial charge in [0.2, 0.25) is 0 Å². The summed E-state index contributed by atoms with van der Waals surface area (Å²) in [5.74, 6) is 0. The summed E-state index contributed by atoms with van der Waals surface area (Å²) in [6.07, 6.45) is -13.1. The summed E-state index contributed by atoms with van der Waals surface area (Å²) in [6.45, 7) is 1.50. The van der Waals surface area contributed by atoms with E-state index in [9.17, 15) is 23.4 Å². The van der Waals surface area contributed by atoms with Gasteiger partial charge in [-0.1, -0.05) is 42.1 Å². The first kappa shape index (κ1) is 21.4. The number of ether oxygens (including phenoxy) is 2. The Bertz CT molecular complexity index is 704. The van der Waals surface area contributed by atoms with Crippen LogP contribution in [0.4, 0.5) is 13.2 Å². The van der Waals surface area contributed by atoms with Gasteiger partial charge in [0.15, 0.2) is 11.3 Å². The van der Waals surface area contributed by atoms with Crippen molar-refractivity contribution in [1.82, 2.24) is 4.90 Å². The van der Waals surface area contributed by atoms with Crippen molar-refractivity contribution >= 4 is 16.9 Å². The number of halogens is 3. The minimum Gasteiger partial charge on any atom is -0.388 e. The third-order valence-electron chi connectivity index (χ3n) is 4.71. The van der Waals surface area contributed by atoms with E-state index in [1.807, 2.05) is 0 Å². The lowest BCUT2D eigenvalue weighted by molar-refractivity contribution is -0.293. The SMILES string of the molecule is C[C@H](O[C@H]([C@H]1O[C@@H]2SC(N(C)C)=N[C@@H]2[C@@H](O)[C@@H]1O)C(F)(F)F)c1ccccc1. The average Bonchev–Trinajstić information content (AvgIpc) is 3.07. The van der Waals surface area contributed by atoms with Crippen molar-refractivity contribution in [2.45, 2.75) is 55.1 Å². The molecule has 1 aromatic carbocycles. The quantitative estimate of drug-likeness (QED) is 0.778. The molecule has 2 heterocycles. The molecular weight excluding hydrogens is 397 g/mol. The lowest BCUT2D eigenvalue weighted by Gasteiger charge is -2.42. The van der Waals surface area contributed by atoms with Crippen molar-refractivity contribution in [3.8, 4) is 0 Å². The predicted molar refractivity (Wildman–Crippen MR) is 99.0 cm³/mol. The number of aliphatic hydroxyl groups is 2. The number of fused-ring (bicyclic) bond motifs is 1. The minimum atomic E-state index is -4.80. The second kappa shape index (κ2) is 8.19. The Morgan fingerprint density at radius 1 is 1.18 bits per heavy atom. The van der Waals surface area contributed by atoms with Gasteiger partial charge in [-0.05, 0) is 12.5 Å². The fourth-order valence-electron chi connectivity index (χ4n) is 3.20. The van der Waals surface area contributed by atoms with Crippen LogP contribution in [0.25, 0.3) is 0 Å². The predicted octanol–water partition coefficient (Wildman–Crippen LogP) is 2.17. The highest BCUT2D eigenvalue weighted by atomic mass is 32.2. The van der Waals surface area contributed by atoms with Crippen molar-refractivity contribution in [1.29, 1.82) is 0 Å². The summed E-state index contributed by atoms with van der Waals surface area (Å²) in [5.41, 5.74) is -0.268. The standard InChI is InChI=1S/C18H23F3N2O4S/c1-9(10-7-5-4-6-8-10)26-15(18(19,20)21)14-13(25)12(24)11-16(27-14)28-17(22-11)23(2)3/h4-9,11-16,24-25H,1-3H3/t9-,11+,12+,13-,14-,15+,16+/m0/s1. The molecule has 7 atom stereocenters. The smallest absolute Gasteiger partial charge is 0.388 e. The van der Waals surface area contributed by atoms with E-state index in [0.717, 1.165) is 11.8 Å². The van der Waals surface area contributed by atoms with Crippen LogP contribution in [0.15, 0.2) is 35.3 Å². The number of thioether (sulfide) groups is 1. The Hall–Kier alpha value is -1.33. The summed E-state index contributed by atoms with van der Waals surface area (Å²) in [4.78, 5) is 5.93. The van der Waals surface area contributed by atoms with Gasteiger partial charge in [-0.3, -0.25) is 4.99 Å². The van der Waals surface area contributed by atoms with Crippen molar-refractivity contribution < 1.29 is 32.9 Å². The van der Waals surface area contributed by atoms with E-state index in [-0.39, 0.29) is 0 Å². The Morgan fingerprint density at radius 2 is 1.82 bits per heavy atom. The maximum Gasteiger partial charge on any atom is 0.417 e. The van der Waals surface area contributed by atoms with E-state index in [4.69, 9.17) is 9.47 Å². The Balaban J connectivity index is 1.81. The van der Waals surface area contributed by atoms with E-state index >= 15 is 0 Å². The number of amidine groups is 1. The number of rotatable bonds is 4. The molecule has 0 radical (unpaired) electrons.